The molecule has 0 radical (unpaired) electrons. The predicted molar refractivity (Wildman–Crippen MR) is 100 cm³/mol. The van der Waals surface area contributed by atoms with Gasteiger partial charge in [0.05, 0.1) is 11.2 Å². The molecule has 0 saturated carbocycles. The van der Waals surface area contributed by atoms with Gasteiger partial charge >= 0.3 is 7.48 Å². The molecule has 1 heterocycles. The van der Waals surface area contributed by atoms with E-state index in [0.717, 1.165) is 5.46 Å². The fourth-order valence-corrected chi connectivity index (χ4v) is 2.12. The van der Waals surface area contributed by atoms with Crippen molar-refractivity contribution >= 4 is 18.9 Å². The Balaban J connectivity index is 2.25. The number of benzene rings is 1. The van der Waals surface area contributed by atoms with Crippen molar-refractivity contribution in [3.8, 4) is 0 Å². The molecule has 25 heavy (non-hydrogen) atoms. The molecule has 1 N–H and O–H groups in total. The molecule has 0 aliphatic carbocycles. The maximum absolute atomic E-state index is 12.6. The molecule has 5 nitrogen and oxygen atoms in total. The van der Waals surface area contributed by atoms with Crippen LogP contribution in [0.3, 0.4) is 0 Å². The summed E-state index contributed by atoms with van der Waals surface area (Å²) in [5.74, 6) is -0.134. The minimum absolute atomic E-state index is 0.134. The molecule has 0 atom stereocenters. The van der Waals surface area contributed by atoms with Crippen LogP contribution in [0.2, 0.25) is 0 Å². The summed E-state index contributed by atoms with van der Waals surface area (Å²) >= 11 is 0. The number of pyridine rings is 1. The smallest absolute Gasteiger partial charge is 0.309 e. The van der Waals surface area contributed by atoms with Crippen LogP contribution < -0.4 is 11.0 Å². The molecule has 0 amide bonds. The average Bonchev–Trinajstić information content (AvgIpc) is 2.59. The highest BCUT2D eigenvalue weighted by Gasteiger charge is 2.35. The lowest BCUT2D eigenvalue weighted by Crippen LogP contribution is -2.49. The summed E-state index contributed by atoms with van der Waals surface area (Å²) in [5.41, 5.74) is 0.362. The molecule has 0 unspecified atom stereocenters. The molecule has 0 aliphatic rings. The van der Waals surface area contributed by atoms with Crippen LogP contribution in [0.1, 0.15) is 38.1 Å². The first-order valence-electron chi connectivity index (χ1n) is 8.26. The van der Waals surface area contributed by atoms with Crippen molar-refractivity contribution in [1.29, 1.82) is 0 Å². The van der Waals surface area contributed by atoms with E-state index in [1.54, 1.807) is 39.2 Å². The number of nitrogens with zero attached hydrogens (tertiary/aromatic N) is 2. The van der Waals surface area contributed by atoms with E-state index in [0.29, 0.717) is 18.5 Å². The van der Waals surface area contributed by atoms with Crippen LogP contribution in [0.5, 0.6) is 0 Å². The summed E-state index contributed by atoms with van der Waals surface area (Å²) < 4.78 is 7.39. The SMILES string of the molecule is C/N=c1/cc(BOC(C)(C)C(C)(C)O)ccn1C(=O)c1ccccc1. The Morgan fingerprint density at radius 3 is 2.36 bits per heavy atom. The van der Waals surface area contributed by atoms with Gasteiger partial charge in [-0.25, -0.2) is 0 Å². The Labute approximate surface area is 149 Å². The van der Waals surface area contributed by atoms with Gasteiger partial charge in [0, 0.05) is 18.8 Å². The highest BCUT2D eigenvalue weighted by molar-refractivity contribution is 6.47. The van der Waals surface area contributed by atoms with Crippen molar-refractivity contribution in [2.24, 2.45) is 4.99 Å². The van der Waals surface area contributed by atoms with E-state index in [4.69, 9.17) is 4.65 Å². The third-order valence-electron chi connectivity index (χ3n) is 4.54. The van der Waals surface area contributed by atoms with E-state index in [1.807, 2.05) is 44.2 Å². The Kier molecular flexibility index (Phi) is 5.65. The summed E-state index contributed by atoms with van der Waals surface area (Å²) in [5, 5.41) is 10.2. The lowest BCUT2D eigenvalue weighted by Gasteiger charge is -2.37. The molecular weight excluding hydrogens is 315 g/mol. The average molecular weight is 340 g/mol. The van der Waals surface area contributed by atoms with Crippen molar-refractivity contribution in [3.05, 3.63) is 59.7 Å². The molecule has 0 spiro atoms. The second-order valence-corrected chi connectivity index (χ2v) is 7.02. The van der Waals surface area contributed by atoms with Crippen LogP contribution >= 0.6 is 0 Å². The van der Waals surface area contributed by atoms with Crippen molar-refractivity contribution in [1.82, 2.24) is 4.57 Å². The zero-order chi connectivity index (χ0) is 18.7. The lowest BCUT2D eigenvalue weighted by atomic mass is 9.83. The molecule has 0 bridgehead atoms. The molecule has 6 heteroatoms. The summed E-state index contributed by atoms with van der Waals surface area (Å²) in [6.45, 7) is 7.13. The Morgan fingerprint density at radius 1 is 1.16 bits per heavy atom. The predicted octanol–water partition coefficient (Wildman–Crippen LogP) is 1.25. The lowest BCUT2D eigenvalue weighted by molar-refractivity contribution is -0.0893. The molecule has 132 valence electrons. The van der Waals surface area contributed by atoms with Crippen LogP contribution in [0.15, 0.2) is 53.7 Å². The molecule has 2 rings (SSSR count). The standard InChI is InChI=1S/C19H25BN2O3/c1-18(2,24)19(3,4)25-20-15-11-12-22(16(13-15)21-5)17(23)14-9-7-6-8-10-14/h6-13,20,24H,1-5H3/b21-16-. The first-order chi connectivity index (χ1) is 11.7. The van der Waals surface area contributed by atoms with E-state index in [2.05, 4.69) is 4.99 Å². The number of aliphatic hydroxyl groups is 1. The Hall–Kier alpha value is -2.18. The second-order valence-electron chi connectivity index (χ2n) is 7.02. The summed E-state index contributed by atoms with van der Waals surface area (Å²) in [7, 11) is 1.97. The highest BCUT2D eigenvalue weighted by Crippen LogP contribution is 2.24. The van der Waals surface area contributed by atoms with Crippen molar-refractivity contribution in [3.63, 3.8) is 0 Å². The molecule has 1 aromatic carbocycles. The fraction of sp³-hybridized carbons (Fsp3) is 0.368. The van der Waals surface area contributed by atoms with Gasteiger partial charge in [-0.1, -0.05) is 18.2 Å². The topological polar surface area (TPSA) is 63.8 Å². The van der Waals surface area contributed by atoms with Crippen LogP contribution in [-0.2, 0) is 4.65 Å². The van der Waals surface area contributed by atoms with Gasteiger partial charge in [-0.2, -0.15) is 0 Å². The van der Waals surface area contributed by atoms with Gasteiger partial charge in [-0.05, 0) is 57.4 Å². The van der Waals surface area contributed by atoms with Gasteiger partial charge in [0.25, 0.3) is 5.91 Å². The maximum Gasteiger partial charge on any atom is 0.309 e. The van der Waals surface area contributed by atoms with E-state index in [-0.39, 0.29) is 5.91 Å². The Morgan fingerprint density at radius 2 is 1.80 bits per heavy atom. The summed E-state index contributed by atoms with van der Waals surface area (Å²) in [6, 6.07) is 12.7. The number of carbonyl (C=O) groups excluding carboxylic acids is 1. The number of aromatic nitrogens is 1. The zero-order valence-corrected chi connectivity index (χ0v) is 15.5. The van der Waals surface area contributed by atoms with Crippen LogP contribution in [-0.4, -0.2) is 41.3 Å². The highest BCUT2D eigenvalue weighted by atomic mass is 16.5. The third kappa shape index (κ3) is 4.47. The Bertz CT molecular complexity index is 805. The monoisotopic (exact) mass is 340 g/mol. The van der Waals surface area contributed by atoms with Gasteiger partial charge < -0.3 is 9.76 Å². The quantitative estimate of drug-likeness (QED) is 0.834. The van der Waals surface area contributed by atoms with Gasteiger partial charge in [-0.15, -0.1) is 0 Å². The minimum atomic E-state index is -0.969. The molecule has 2 aromatic rings. The molecule has 0 saturated heterocycles. The van der Waals surface area contributed by atoms with Crippen LogP contribution in [0.4, 0.5) is 0 Å². The number of hydrogen-bond acceptors (Lipinski definition) is 4. The van der Waals surface area contributed by atoms with Gasteiger partial charge in [-0.3, -0.25) is 14.4 Å². The maximum atomic E-state index is 12.6. The summed E-state index contributed by atoms with van der Waals surface area (Å²) in [6.07, 6.45) is 1.70. The number of carbonyl (C=O) groups is 1. The molecule has 1 aromatic heterocycles. The van der Waals surface area contributed by atoms with E-state index in [1.165, 1.54) is 4.57 Å². The fourth-order valence-electron chi connectivity index (χ4n) is 2.12. The first kappa shape index (κ1) is 19.2. The van der Waals surface area contributed by atoms with Gasteiger partial charge in [0.15, 0.2) is 0 Å². The second kappa shape index (κ2) is 7.37. The molecule has 0 fully saturated rings. The molecular formula is C19H25BN2O3. The third-order valence-corrected chi connectivity index (χ3v) is 4.54. The largest absolute Gasteiger partial charge is 0.427 e. The summed E-state index contributed by atoms with van der Waals surface area (Å²) in [4.78, 5) is 16.8. The molecule has 0 aliphatic heterocycles. The van der Waals surface area contributed by atoms with Crippen LogP contribution in [0.25, 0.3) is 0 Å². The van der Waals surface area contributed by atoms with Gasteiger partial charge in [0.2, 0.25) is 0 Å². The first-order valence-corrected chi connectivity index (χ1v) is 8.26. The van der Waals surface area contributed by atoms with E-state index < -0.39 is 11.2 Å². The minimum Gasteiger partial charge on any atom is -0.427 e. The number of rotatable bonds is 5. The normalized spacial score (nSPS) is 13.0. The van der Waals surface area contributed by atoms with Crippen molar-refractivity contribution in [2.75, 3.05) is 7.05 Å². The van der Waals surface area contributed by atoms with Crippen molar-refractivity contribution in [2.45, 2.75) is 38.9 Å². The number of hydrogen-bond donors (Lipinski definition) is 1. The van der Waals surface area contributed by atoms with Crippen LogP contribution in [0, 0.1) is 0 Å². The van der Waals surface area contributed by atoms with Crippen molar-refractivity contribution < 1.29 is 14.6 Å². The van der Waals surface area contributed by atoms with E-state index >= 15 is 0 Å². The van der Waals surface area contributed by atoms with Gasteiger partial charge in [0.1, 0.15) is 5.49 Å². The zero-order valence-electron chi connectivity index (χ0n) is 15.5. The van der Waals surface area contributed by atoms with E-state index in [9.17, 15) is 9.90 Å².